The molecule has 0 saturated carbocycles. The Morgan fingerprint density at radius 1 is 0.900 bits per heavy atom. The minimum Gasteiger partial charge on any atom is -0.368 e. The van der Waals surface area contributed by atoms with E-state index in [9.17, 15) is 14.4 Å². The van der Waals surface area contributed by atoms with Gasteiger partial charge in [0.25, 0.3) is 5.56 Å². The van der Waals surface area contributed by atoms with E-state index in [1.165, 1.54) is 21.9 Å². The van der Waals surface area contributed by atoms with Crippen LogP contribution in [-0.4, -0.2) is 58.2 Å². The number of para-hydroxylation sites is 2. The topological polar surface area (TPSA) is 87.5 Å². The predicted molar refractivity (Wildman–Crippen MR) is 161 cm³/mol. The van der Waals surface area contributed by atoms with E-state index in [1.54, 1.807) is 18.2 Å². The number of piperazine rings is 1. The van der Waals surface area contributed by atoms with Gasteiger partial charge in [-0.25, -0.2) is 4.98 Å². The molecule has 3 aromatic carbocycles. The maximum Gasteiger partial charge on any atom is 0.262 e. The van der Waals surface area contributed by atoms with Crippen molar-refractivity contribution in [3.63, 3.8) is 0 Å². The first kappa shape index (κ1) is 27.5. The fourth-order valence-corrected chi connectivity index (χ4v) is 5.65. The first-order chi connectivity index (χ1) is 19.5. The van der Waals surface area contributed by atoms with Gasteiger partial charge in [-0.2, -0.15) is 0 Å². The lowest BCUT2D eigenvalue weighted by Gasteiger charge is -2.36. The zero-order chi connectivity index (χ0) is 27.9. The Kier molecular flexibility index (Phi) is 8.81. The van der Waals surface area contributed by atoms with Crippen molar-refractivity contribution in [2.24, 2.45) is 0 Å². The van der Waals surface area contributed by atoms with Gasteiger partial charge in [0.2, 0.25) is 11.8 Å². The lowest BCUT2D eigenvalue weighted by atomic mass is 10.1. The van der Waals surface area contributed by atoms with E-state index in [1.807, 2.05) is 53.4 Å². The van der Waals surface area contributed by atoms with Gasteiger partial charge in [0.1, 0.15) is 0 Å². The molecule has 2 heterocycles. The molecule has 0 spiro atoms. The zero-order valence-electron chi connectivity index (χ0n) is 22.6. The Labute approximate surface area is 238 Å². The van der Waals surface area contributed by atoms with Crippen LogP contribution < -0.4 is 15.8 Å². The number of fused-ring (bicyclic) bond motifs is 1. The van der Waals surface area contributed by atoms with Crippen molar-refractivity contribution in [2.75, 3.05) is 42.1 Å². The summed E-state index contributed by atoms with van der Waals surface area (Å²) < 4.78 is 1.54. The number of carbonyl (C=O) groups is 2. The quantitative estimate of drug-likeness (QED) is 0.243. The molecule has 1 aromatic heterocycles. The minimum absolute atomic E-state index is 0.0111. The van der Waals surface area contributed by atoms with Gasteiger partial charge in [-0.05, 0) is 48.4 Å². The van der Waals surface area contributed by atoms with Crippen LogP contribution in [-0.2, 0) is 22.6 Å². The van der Waals surface area contributed by atoms with Crippen LogP contribution in [0, 0.1) is 0 Å². The van der Waals surface area contributed by atoms with Crippen molar-refractivity contribution in [1.82, 2.24) is 14.5 Å². The van der Waals surface area contributed by atoms with Gasteiger partial charge in [-0.3, -0.25) is 19.0 Å². The summed E-state index contributed by atoms with van der Waals surface area (Å²) in [5.41, 5.74) is 3.46. The Hall–Kier alpha value is -4.11. The standard InChI is InChI=1S/C31H33N5O3S/c1-2-23-12-14-24(15-13-23)32-28(37)22-40-31-33-27-11-7-6-10-26(27)30(39)36(31)17-16-29(38)35-20-18-34(19-21-35)25-8-4-3-5-9-25/h3-15H,2,16-22H2,1H3,(H,32,37). The van der Waals surface area contributed by atoms with Crippen LogP contribution in [0.25, 0.3) is 10.9 Å². The third kappa shape index (κ3) is 6.54. The van der Waals surface area contributed by atoms with Gasteiger partial charge in [0, 0.05) is 50.5 Å². The molecule has 4 aromatic rings. The number of anilines is 2. The van der Waals surface area contributed by atoms with Crippen molar-refractivity contribution in [3.8, 4) is 0 Å². The second-order valence-corrected chi connectivity index (χ2v) is 10.7. The third-order valence-electron chi connectivity index (χ3n) is 7.11. The van der Waals surface area contributed by atoms with E-state index in [0.29, 0.717) is 29.1 Å². The molecular formula is C31H33N5O3S. The monoisotopic (exact) mass is 555 g/mol. The SMILES string of the molecule is CCc1ccc(NC(=O)CSc2nc3ccccc3c(=O)n2CCC(=O)N2CCN(c3ccccc3)CC2)cc1. The molecule has 0 radical (unpaired) electrons. The fourth-order valence-electron chi connectivity index (χ4n) is 4.82. The van der Waals surface area contributed by atoms with Gasteiger partial charge >= 0.3 is 0 Å². The summed E-state index contributed by atoms with van der Waals surface area (Å²) in [5.74, 6) is -0.0806. The highest BCUT2D eigenvalue weighted by molar-refractivity contribution is 7.99. The van der Waals surface area contributed by atoms with Gasteiger partial charge in [-0.1, -0.05) is 61.2 Å². The predicted octanol–water partition coefficient (Wildman–Crippen LogP) is 4.43. The van der Waals surface area contributed by atoms with Crippen LogP contribution in [0.15, 0.2) is 88.8 Å². The normalized spacial score (nSPS) is 13.4. The minimum atomic E-state index is -0.203. The molecule has 1 N–H and O–H groups in total. The van der Waals surface area contributed by atoms with Gasteiger partial charge < -0.3 is 15.1 Å². The van der Waals surface area contributed by atoms with Crippen molar-refractivity contribution in [1.29, 1.82) is 0 Å². The number of benzene rings is 3. The second-order valence-electron chi connectivity index (χ2n) is 9.71. The average molecular weight is 556 g/mol. The molecule has 2 amide bonds. The van der Waals surface area contributed by atoms with E-state index in [2.05, 4.69) is 34.3 Å². The summed E-state index contributed by atoms with van der Waals surface area (Å²) in [6.07, 6.45) is 1.12. The first-order valence-electron chi connectivity index (χ1n) is 13.6. The molecule has 1 saturated heterocycles. The molecule has 0 atom stereocenters. The number of rotatable bonds is 9. The van der Waals surface area contributed by atoms with Gasteiger partial charge in [-0.15, -0.1) is 0 Å². The molecule has 206 valence electrons. The fraction of sp³-hybridized carbons (Fsp3) is 0.290. The number of aromatic nitrogens is 2. The number of hydrogen-bond acceptors (Lipinski definition) is 6. The van der Waals surface area contributed by atoms with Crippen LogP contribution >= 0.6 is 11.8 Å². The molecule has 40 heavy (non-hydrogen) atoms. The zero-order valence-corrected chi connectivity index (χ0v) is 23.4. The summed E-state index contributed by atoms with van der Waals surface area (Å²) in [5, 5.41) is 3.83. The first-order valence-corrected chi connectivity index (χ1v) is 14.6. The highest BCUT2D eigenvalue weighted by Gasteiger charge is 2.22. The Morgan fingerprint density at radius 2 is 1.60 bits per heavy atom. The molecule has 9 heteroatoms. The molecule has 0 unspecified atom stereocenters. The summed E-state index contributed by atoms with van der Waals surface area (Å²) >= 11 is 1.20. The lowest BCUT2D eigenvalue weighted by molar-refractivity contribution is -0.131. The van der Waals surface area contributed by atoms with E-state index >= 15 is 0 Å². The molecule has 8 nitrogen and oxygen atoms in total. The Morgan fingerprint density at radius 3 is 2.33 bits per heavy atom. The highest BCUT2D eigenvalue weighted by Crippen LogP contribution is 2.20. The molecule has 5 rings (SSSR count). The molecule has 0 aliphatic carbocycles. The van der Waals surface area contributed by atoms with E-state index in [4.69, 9.17) is 0 Å². The molecule has 1 aliphatic rings. The summed E-state index contributed by atoms with van der Waals surface area (Å²) in [4.78, 5) is 48.0. The van der Waals surface area contributed by atoms with Crippen LogP contribution in [0.1, 0.15) is 18.9 Å². The maximum absolute atomic E-state index is 13.4. The second kappa shape index (κ2) is 12.8. The summed E-state index contributed by atoms with van der Waals surface area (Å²) in [7, 11) is 0. The summed E-state index contributed by atoms with van der Waals surface area (Å²) in [6.45, 7) is 5.10. The number of thioether (sulfide) groups is 1. The Balaban J connectivity index is 1.24. The molecule has 1 fully saturated rings. The highest BCUT2D eigenvalue weighted by atomic mass is 32.2. The van der Waals surface area contributed by atoms with Crippen molar-refractivity contribution >= 4 is 45.9 Å². The summed E-state index contributed by atoms with van der Waals surface area (Å²) in [6, 6.07) is 25.1. The van der Waals surface area contributed by atoms with Gasteiger partial charge in [0.05, 0.1) is 16.7 Å². The molecule has 1 aliphatic heterocycles. The molecular weight excluding hydrogens is 522 g/mol. The lowest BCUT2D eigenvalue weighted by Crippen LogP contribution is -2.49. The van der Waals surface area contributed by atoms with E-state index < -0.39 is 0 Å². The average Bonchev–Trinajstić information content (AvgIpc) is 3.00. The van der Waals surface area contributed by atoms with Crippen LogP contribution in [0.3, 0.4) is 0 Å². The Bertz CT molecular complexity index is 1530. The number of nitrogens with one attached hydrogen (secondary N) is 1. The number of carbonyl (C=O) groups excluding carboxylic acids is 2. The van der Waals surface area contributed by atoms with Gasteiger partial charge in [0.15, 0.2) is 5.16 Å². The van der Waals surface area contributed by atoms with E-state index in [0.717, 1.165) is 30.9 Å². The molecule has 0 bridgehead atoms. The van der Waals surface area contributed by atoms with E-state index in [-0.39, 0.29) is 36.1 Å². The largest absolute Gasteiger partial charge is 0.368 e. The van der Waals surface area contributed by atoms with Crippen molar-refractivity contribution < 1.29 is 9.59 Å². The van der Waals surface area contributed by atoms with Crippen molar-refractivity contribution in [2.45, 2.75) is 31.5 Å². The van der Waals surface area contributed by atoms with Crippen LogP contribution in [0.4, 0.5) is 11.4 Å². The smallest absolute Gasteiger partial charge is 0.262 e. The van der Waals surface area contributed by atoms with Crippen LogP contribution in [0.5, 0.6) is 0 Å². The third-order valence-corrected chi connectivity index (χ3v) is 8.08. The van der Waals surface area contributed by atoms with Crippen molar-refractivity contribution in [3.05, 3.63) is 94.8 Å². The number of nitrogens with zero attached hydrogens (tertiary/aromatic N) is 4. The number of hydrogen-bond donors (Lipinski definition) is 1. The van der Waals surface area contributed by atoms with Crippen LogP contribution in [0.2, 0.25) is 0 Å². The number of amides is 2. The maximum atomic E-state index is 13.4. The number of aryl methyl sites for hydroxylation is 1.